The molecule has 92 valence electrons. The van der Waals surface area contributed by atoms with E-state index >= 15 is 0 Å². The molecule has 0 amide bonds. The van der Waals surface area contributed by atoms with Crippen LogP contribution in [-0.2, 0) is 6.54 Å². The average molecular weight is 252 g/mol. The number of H-pyrrole nitrogens is 1. The van der Waals surface area contributed by atoms with E-state index in [0.717, 1.165) is 30.4 Å². The monoisotopic (exact) mass is 251 g/mol. The first kappa shape index (κ1) is 11.2. The van der Waals surface area contributed by atoms with E-state index in [1.54, 1.807) is 0 Å². The van der Waals surface area contributed by atoms with Crippen molar-refractivity contribution < 1.29 is 0 Å². The van der Waals surface area contributed by atoms with Gasteiger partial charge < -0.3 is 15.2 Å². The quantitative estimate of drug-likeness (QED) is 0.804. The van der Waals surface area contributed by atoms with Gasteiger partial charge in [0.15, 0.2) is 0 Å². The molecule has 2 aliphatic rings. The fraction of sp³-hybridized carbons (Fsp3) is 0.538. The Balaban J connectivity index is 1.80. The van der Waals surface area contributed by atoms with E-state index in [9.17, 15) is 0 Å². The molecule has 2 aliphatic heterocycles. The van der Waals surface area contributed by atoms with Gasteiger partial charge in [-0.15, -0.1) is 0 Å². The van der Waals surface area contributed by atoms with E-state index in [-0.39, 0.29) is 0 Å². The van der Waals surface area contributed by atoms with Crippen LogP contribution in [0.25, 0.3) is 6.08 Å². The van der Waals surface area contributed by atoms with E-state index in [4.69, 9.17) is 11.6 Å². The van der Waals surface area contributed by atoms with Crippen molar-refractivity contribution in [3.8, 4) is 0 Å². The number of piperidine rings is 1. The molecule has 1 aromatic heterocycles. The minimum Gasteiger partial charge on any atom is -0.369 e. The summed E-state index contributed by atoms with van der Waals surface area (Å²) in [5, 5.41) is 4.28. The molecule has 4 heteroatoms. The summed E-state index contributed by atoms with van der Waals surface area (Å²) in [5.41, 5.74) is 3.51. The molecule has 0 atom stereocenters. The first-order valence-electron chi connectivity index (χ1n) is 6.27. The molecule has 0 aromatic carbocycles. The number of rotatable bonds is 1. The summed E-state index contributed by atoms with van der Waals surface area (Å²) in [4.78, 5) is 5.83. The Morgan fingerprint density at radius 1 is 1.35 bits per heavy atom. The maximum Gasteiger partial charge on any atom is 0.0686 e. The third kappa shape index (κ3) is 1.98. The number of aryl methyl sites for hydroxylation is 1. The van der Waals surface area contributed by atoms with Crippen molar-refractivity contribution in [3.63, 3.8) is 0 Å². The Bertz CT molecular complexity index is 444. The van der Waals surface area contributed by atoms with Gasteiger partial charge in [-0.05, 0) is 38.9 Å². The number of aromatic nitrogens is 1. The van der Waals surface area contributed by atoms with Crippen LogP contribution in [0.4, 0.5) is 0 Å². The second kappa shape index (κ2) is 4.39. The summed E-state index contributed by atoms with van der Waals surface area (Å²) < 4.78 is 0. The lowest BCUT2D eigenvalue weighted by molar-refractivity contribution is 0.216. The Morgan fingerprint density at radius 3 is 2.88 bits per heavy atom. The van der Waals surface area contributed by atoms with Crippen LogP contribution in [0, 0.1) is 6.92 Å². The molecule has 1 aromatic rings. The van der Waals surface area contributed by atoms with Gasteiger partial charge in [0.05, 0.1) is 11.6 Å². The molecular weight excluding hydrogens is 234 g/mol. The lowest BCUT2D eigenvalue weighted by Crippen LogP contribution is -2.40. The van der Waals surface area contributed by atoms with Crippen LogP contribution in [0.15, 0.2) is 6.20 Å². The van der Waals surface area contributed by atoms with Crippen molar-refractivity contribution in [2.24, 2.45) is 0 Å². The molecule has 3 heterocycles. The predicted molar refractivity (Wildman–Crippen MR) is 71.0 cm³/mol. The second-order valence-corrected chi connectivity index (χ2v) is 5.30. The number of hydrogen-bond acceptors (Lipinski definition) is 2. The fourth-order valence-electron chi connectivity index (χ4n) is 2.78. The van der Waals surface area contributed by atoms with Crippen LogP contribution >= 0.6 is 11.6 Å². The zero-order chi connectivity index (χ0) is 11.8. The number of halogens is 1. The maximum atomic E-state index is 6.25. The van der Waals surface area contributed by atoms with Crippen molar-refractivity contribution in [3.05, 3.63) is 28.2 Å². The standard InChI is InChI=1S/C13H18ClN3/c1-9-13(14)11-4-7-17(8-12(11)16-9)10-2-5-15-6-3-10/h4,7,10,15-16H,2-3,5-6,8H2,1H3. The van der Waals surface area contributed by atoms with Crippen molar-refractivity contribution >= 4 is 17.7 Å². The highest BCUT2D eigenvalue weighted by molar-refractivity contribution is 6.32. The highest BCUT2D eigenvalue weighted by Crippen LogP contribution is 2.31. The Hall–Kier alpha value is -0.930. The Labute approximate surface area is 107 Å². The Kier molecular flexibility index (Phi) is 2.89. The normalized spacial score (nSPS) is 20.7. The van der Waals surface area contributed by atoms with Gasteiger partial charge in [-0.25, -0.2) is 0 Å². The minimum atomic E-state index is 0.669. The lowest BCUT2D eigenvalue weighted by atomic mass is 10.0. The smallest absolute Gasteiger partial charge is 0.0686 e. The molecule has 2 N–H and O–H groups in total. The third-order valence-electron chi connectivity index (χ3n) is 3.78. The fourth-order valence-corrected chi connectivity index (χ4v) is 3.00. The van der Waals surface area contributed by atoms with Crippen molar-refractivity contribution in [1.82, 2.24) is 15.2 Å². The SMILES string of the molecule is Cc1[nH]c2c(c1Cl)C=CN(C1CCNCC1)C2. The summed E-state index contributed by atoms with van der Waals surface area (Å²) in [6.45, 7) is 5.26. The molecule has 1 saturated heterocycles. The van der Waals surface area contributed by atoms with Crippen LogP contribution < -0.4 is 5.32 Å². The molecule has 3 rings (SSSR count). The summed E-state index contributed by atoms with van der Waals surface area (Å²) >= 11 is 6.25. The lowest BCUT2D eigenvalue weighted by Gasteiger charge is -2.35. The van der Waals surface area contributed by atoms with Gasteiger partial charge in [-0.2, -0.15) is 0 Å². The highest BCUT2D eigenvalue weighted by atomic mass is 35.5. The van der Waals surface area contributed by atoms with E-state index in [2.05, 4.69) is 27.5 Å². The summed E-state index contributed by atoms with van der Waals surface area (Å²) in [7, 11) is 0. The zero-order valence-electron chi connectivity index (χ0n) is 10.1. The molecule has 0 radical (unpaired) electrons. The van der Waals surface area contributed by atoms with Gasteiger partial charge >= 0.3 is 0 Å². The molecular formula is C13H18ClN3. The third-order valence-corrected chi connectivity index (χ3v) is 4.27. The average Bonchev–Trinajstić information content (AvgIpc) is 2.66. The minimum absolute atomic E-state index is 0.669. The van der Waals surface area contributed by atoms with Gasteiger partial charge in [0.2, 0.25) is 0 Å². The van der Waals surface area contributed by atoms with Gasteiger partial charge in [-0.1, -0.05) is 11.6 Å². The van der Waals surface area contributed by atoms with Crippen molar-refractivity contribution in [2.45, 2.75) is 32.4 Å². The molecule has 0 spiro atoms. The first-order valence-corrected chi connectivity index (χ1v) is 6.65. The van der Waals surface area contributed by atoms with Crippen molar-refractivity contribution in [2.75, 3.05) is 13.1 Å². The number of hydrogen-bond donors (Lipinski definition) is 2. The zero-order valence-corrected chi connectivity index (χ0v) is 10.8. The maximum absolute atomic E-state index is 6.25. The Morgan fingerprint density at radius 2 is 2.12 bits per heavy atom. The number of aromatic amines is 1. The largest absolute Gasteiger partial charge is 0.369 e. The van der Waals surface area contributed by atoms with Gasteiger partial charge in [0.25, 0.3) is 0 Å². The van der Waals surface area contributed by atoms with E-state index in [1.165, 1.54) is 24.1 Å². The van der Waals surface area contributed by atoms with Crippen LogP contribution in [0.2, 0.25) is 5.02 Å². The molecule has 17 heavy (non-hydrogen) atoms. The van der Waals surface area contributed by atoms with Gasteiger partial charge in [0, 0.05) is 29.2 Å². The van der Waals surface area contributed by atoms with Crippen LogP contribution in [0.5, 0.6) is 0 Å². The van der Waals surface area contributed by atoms with Crippen LogP contribution in [0.1, 0.15) is 29.8 Å². The van der Waals surface area contributed by atoms with Gasteiger partial charge in [-0.3, -0.25) is 0 Å². The van der Waals surface area contributed by atoms with E-state index < -0.39 is 0 Å². The second-order valence-electron chi connectivity index (χ2n) is 4.93. The number of fused-ring (bicyclic) bond motifs is 1. The number of nitrogens with zero attached hydrogens (tertiary/aromatic N) is 1. The van der Waals surface area contributed by atoms with E-state index in [0.29, 0.717) is 6.04 Å². The molecule has 1 fully saturated rings. The van der Waals surface area contributed by atoms with Crippen molar-refractivity contribution in [1.29, 1.82) is 0 Å². The molecule has 0 saturated carbocycles. The molecule has 0 aliphatic carbocycles. The van der Waals surface area contributed by atoms with Crippen LogP contribution in [0.3, 0.4) is 0 Å². The predicted octanol–water partition coefficient (Wildman–Crippen LogP) is 2.51. The molecule has 0 unspecified atom stereocenters. The molecule has 0 bridgehead atoms. The summed E-state index contributed by atoms with van der Waals surface area (Å²) in [5.74, 6) is 0. The van der Waals surface area contributed by atoms with E-state index in [1.807, 2.05) is 6.92 Å². The first-order chi connectivity index (χ1) is 8.25. The van der Waals surface area contributed by atoms with Gasteiger partial charge in [0.1, 0.15) is 0 Å². The highest BCUT2D eigenvalue weighted by Gasteiger charge is 2.23. The number of nitrogens with one attached hydrogen (secondary N) is 2. The topological polar surface area (TPSA) is 31.1 Å². The molecule has 3 nitrogen and oxygen atoms in total. The summed E-state index contributed by atoms with van der Waals surface area (Å²) in [6, 6.07) is 0.669. The van der Waals surface area contributed by atoms with Crippen LogP contribution in [-0.4, -0.2) is 29.0 Å². The summed E-state index contributed by atoms with van der Waals surface area (Å²) in [6.07, 6.45) is 6.81.